The number of rotatable bonds is 2. The van der Waals surface area contributed by atoms with Gasteiger partial charge >= 0.3 is 5.63 Å². The summed E-state index contributed by atoms with van der Waals surface area (Å²) in [5, 5.41) is -0.155. The van der Waals surface area contributed by atoms with Crippen LogP contribution in [0.5, 0.6) is 0 Å². The maximum Gasteiger partial charge on any atom is 0.355 e. The fourth-order valence-corrected chi connectivity index (χ4v) is 3.62. The molecule has 118 valence electrons. The standard InChI is InChI=1S/C15H7BrF2O4S/c16-9-1-3-11(4-2-9)23(20,21)13-6-8-5-10(17)7-12(18)14(8)22-15(13)19/h1-7H. The molecule has 0 saturated heterocycles. The van der Waals surface area contributed by atoms with Crippen LogP contribution in [-0.4, -0.2) is 8.42 Å². The monoisotopic (exact) mass is 400 g/mol. The van der Waals surface area contributed by atoms with Gasteiger partial charge in [-0.15, -0.1) is 0 Å². The van der Waals surface area contributed by atoms with E-state index in [0.717, 1.165) is 12.1 Å². The van der Waals surface area contributed by atoms with Gasteiger partial charge in [-0.1, -0.05) is 15.9 Å². The van der Waals surface area contributed by atoms with E-state index in [1.165, 1.54) is 24.3 Å². The van der Waals surface area contributed by atoms with Gasteiger partial charge in [-0.25, -0.2) is 22.0 Å². The fraction of sp³-hybridized carbons (Fsp3) is 0. The van der Waals surface area contributed by atoms with Gasteiger partial charge in [0.25, 0.3) is 0 Å². The largest absolute Gasteiger partial charge is 0.419 e. The molecule has 3 rings (SSSR count). The molecule has 0 bridgehead atoms. The molecule has 23 heavy (non-hydrogen) atoms. The van der Waals surface area contributed by atoms with Gasteiger partial charge in [-0.3, -0.25) is 0 Å². The summed E-state index contributed by atoms with van der Waals surface area (Å²) in [5.74, 6) is -1.99. The van der Waals surface area contributed by atoms with Crippen molar-refractivity contribution in [2.75, 3.05) is 0 Å². The van der Waals surface area contributed by atoms with E-state index in [1.807, 2.05) is 0 Å². The number of hydrogen-bond acceptors (Lipinski definition) is 4. The molecule has 1 heterocycles. The first-order valence-corrected chi connectivity index (χ1v) is 8.50. The quantitative estimate of drug-likeness (QED) is 0.615. The second-order valence-corrected chi connectivity index (χ2v) is 7.50. The van der Waals surface area contributed by atoms with E-state index < -0.39 is 37.6 Å². The number of sulfone groups is 1. The third-order valence-electron chi connectivity index (χ3n) is 3.13. The molecule has 0 spiro atoms. The zero-order chi connectivity index (χ0) is 16.8. The lowest BCUT2D eigenvalue weighted by molar-refractivity contribution is 0.500. The zero-order valence-corrected chi connectivity index (χ0v) is 13.6. The summed E-state index contributed by atoms with van der Waals surface area (Å²) in [6, 6.07) is 7.94. The Morgan fingerprint density at radius 1 is 1.00 bits per heavy atom. The van der Waals surface area contributed by atoms with Crippen molar-refractivity contribution >= 4 is 36.7 Å². The van der Waals surface area contributed by atoms with Gasteiger partial charge in [0, 0.05) is 15.9 Å². The molecule has 3 aromatic rings. The molecule has 0 fully saturated rings. The van der Waals surface area contributed by atoms with E-state index in [2.05, 4.69) is 15.9 Å². The van der Waals surface area contributed by atoms with Crippen LogP contribution >= 0.6 is 15.9 Å². The highest BCUT2D eigenvalue weighted by molar-refractivity contribution is 9.10. The third kappa shape index (κ3) is 2.79. The lowest BCUT2D eigenvalue weighted by atomic mass is 10.2. The van der Waals surface area contributed by atoms with E-state index in [-0.39, 0.29) is 10.3 Å². The molecule has 1 aromatic heterocycles. The second kappa shape index (κ2) is 5.54. The molecule has 4 nitrogen and oxygen atoms in total. The molecular formula is C15H7BrF2O4S. The first-order chi connectivity index (χ1) is 10.8. The van der Waals surface area contributed by atoms with Crippen molar-refractivity contribution in [3.63, 3.8) is 0 Å². The van der Waals surface area contributed by atoms with Gasteiger partial charge in [0.1, 0.15) is 5.82 Å². The van der Waals surface area contributed by atoms with E-state index in [0.29, 0.717) is 10.5 Å². The van der Waals surface area contributed by atoms with Crippen molar-refractivity contribution in [2.24, 2.45) is 0 Å². The average Bonchev–Trinajstić information content (AvgIpc) is 2.48. The van der Waals surface area contributed by atoms with Crippen molar-refractivity contribution in [1.29, 1.82) is 0 Å². The van der Waals surface area contributed by atoms with Gasteiger partial charge in [-0.2, -0.15) is 0 Å². The Morgan fingerprint density at radius 3 is 2.30 bits per heavy atom. The number of hydrogen-bond donors (Lipinski definition) is 0. The van der Waals surface area contributed by atoms with E-state index in [9.17, 15) is 22.0 Å². The van der Waals surface area contributed by atoms with Crippen molar-refractivity contribution < 1.29 is 21.6 Å². The minimum atomic E-state index is -4.18. The highest BCUT2D eigenvalue weighted by atomic mass is 79.9. The molecular weight excluding hydrogens is 394 g/mol. The molecule has 8 heteroatoms. The maximum atomic E-state index is 13.6. The summed E-state index contributed by atoms with van der Waals surface area (Å²) in [7, 11) is -4.18. The molecule has 0 N–H and O–H groups in total. The smallest absolute Gasteiger partial charge is 0.355 e. The van der Waals surface area contributed by atoms with E-state index in [4.69, 9.17) is 4.42 Å². The summed E-state index contributed by atoms with van der Waals surface area (Å²) in [5.41, 5.74) is -1.71. The van der Waals surface area contributed by atoms with Gasteiger partial charge < -0.3 is 4.42 Å². The lowest BCUT2D eigenvalue weighted by Gasteiger charge is -2.05. The molecule has 2 aromatic carbocycles. The normalized spacial score (nSPS) is 11.8. The summed E-state index contributed by atoms with van der Waals surface area (Å²) in [6.07, 6.45) is 0. The minimum Gasteiger partial charge on any atom is -0.419 e. The third-order valence-corrected chi connectivity index (χ3v) is 5.42. The molecule has 0 unspecified atom stereocenters. The SMILES string of the molecule is O=c1oc2c(F)cc(F)cc2cc1S(=O)(=O)c1ccc(Br)cc1. The Bertz CT molecular complexity index is 1070. The van der Waals surface area contributed by atoms with Crippen LogP contribution in [0.3, 0.4) is 0 Å². The van der Waals surface area contributed by atoms with Crippen molar-refractivity contribution in [1.82, 2.24) is 0 Å². The van der Waals surface area contributed by atoms with Crippen LogP contribution in [0, 0.1) is 11.6 Å². The Kier molecular flexibility index (Phi) is 3.81. The highest BCUT2D eigenvalue weighted by Crippen LogP contribution is 2.25. The Labute approximate surface area is 137 Å². The molecule has 0 aliphatic heterocycles. The van der Waals surface area contributed by atoms with Crippen LogP contribution in [0.4, 0.5) is 8.78 Å². The fourth-order valence-electron chi connectivity index (χ4n) is 2.07. The van der Waals surface area contributed by atoms with Crippen LogP contribution < -0.4 is 5.63 Å². The summed E-state index contributed by atoms with van der Waals surface area (Å²) >= 11 is 3.17. The van der Waals surface area contributed by atoms with Gasteiger partial charge in [-0.05, 0) is 36.4 Å². The molecule has 0 aliphatic carbocycles. The van der Waals surface area contributed by atoms with Gasteiger partial charge in [0.2, 0.25) is 9.84 Å². The van der Waals surface area contributed by atoms with Gasteiger partial charge in [0.15, 0.2) is 16.3 Å². The van der Waals surface area contributed by atoms with Crippen LogP contribution in [-0.2, 0) is 9.84 Å². The molecule has 0 aliphatic rings. The summed E-state index contributed by atoms with van der Waals surface area (Å²) < 4.78 is 57.3. The lowest BCUT2D eigenvalue weighted by Crippen LogP contribution is -2.14. The van der Waals surface area contributed by atoms with Crippen LogP contribution in [0.2, 0.25) is 0 Å². The number of benzene rings is 2. The first kappa shape index (κ1) is 15.8. The van der Waals surface area contributed by atoms with Crippen LogP contribution in [0.25, 0.3) is 11.0 Å². The van der Waals surface area contributed by atoms with Gasteiger partial charge in [0.05, 0.1) is 4.90 Å². The number of fused-ring (bicyclic) bond motifs is 1. The van der Waals surface area contributed by atoms with Crippen LogP contribution in [0.1, 0.15) is 0 Å². The predicted octanol–water partition coefficient (Wildman–Crippen LogP) is 3.67. The Balaban J connectivity index is 2.29. The van der Waals surface area contributed by atoms with Crippen molar-refractivity contribution in [3.05, 3.63) is 69.0 Å². The first-order valence-electron chi connectivity index (χ1n) is 6.22. The van der Waals surface area contributed by atoms with Crippen molar-refractivity contribution in [3.8, 4) is 0 Å². The predicted molar refractivity (Wildman–Crippen MR) is 82.0 cm³/mol. The second-order valence-electron chi connectivity index (χ2n) is 4.66. The molecule has 0 atom stereocenters. The zero-order valence-electron chi connectivity index (χ0n) is 11.2. The minimum absolute atomic E-state index is 0.135. The Hall–Kier alpha value is -2.06. The number of halogens is 3. The topological polar surface area (TPSA) is 64.3 Å². The van der Waals surface area contributed by atoms with Crippen molar-refractivity contribution in [2.45, 2.75) is 9.79 Å². The Morgan fingerprint density at radius 2 is 1.65 bits per heavy atom. The average molecular weight is 401 g/mol. The molecule has 0 saturated carbocycles. The summed E-state index contributed by atoms with van der Waals surface area (Å²) in [4.78, 5) is 11.1. The molecule has 0 amide bonds. The summed E-state index contributed by atoms with van der Waals surface area (Å²) in [6.45, 7) is 0. The molecule has 0 radical (unpaired) electrons. The maximum absolute atomic E-state index is 13.6. The highest BCUT2D eigenvalue weighted by Gasteiger charge is 2.24. The van der Waals surface area contributed by atoms with E-state index in [1.54, 1.807) is 0 Å². The van der Waals surface area contributed by atoms with E-state index >= 15 is 0 Å². The van der Waals surface area contributed by atoms with Crippen LogP contribution in [0.15, 0.2) is 65.9 Å².